The van der Waals surface area contributed by atoms with Crippen LogP contribution in [0.3, 0.4) is 0 Å². The number of hydrogen-bond acceptors (Lipinski definition) is 2. The molecule has 1 heterocycles. The molecule has 0 radical (unpaired) electrons. The molecule has 0 spiro atoms. The summed E-state index contributed by atoms with van der Waals surface area (Å²) in [4.78, 5) is 4.24. The zero-order valence-electron chi connectivity index (χ0n) is 13.2. The van der Waals surface area contributed by atoms with Gasteiger partial charge < -0.3 is 15.2 Å². The summed E-state index contributed by atoms with van der Waals surface area (Å²) < 4.78 is 2.05. The zero-order chi connectivity index (χ0) is 16.9. The largest absolute Gasteiger partial charge is 0.358 e. The van der Waals surface area contributed by atoms with Crippen LogP contribution in [-0.2, 0) is 6.54 Å². The molecule has 24 heavy (non-hydrogen) atoms. The second-order valence-corrected chi connectivity index (χ2v) is 6.17. The van der Waals surface area contributed by atoms with Gasteiger partial charge in [-0.2, -0.15) is 0 Å². The van der Waals surface area contributed by atoms with Gasteiger partial charge in [0, 0.05) is 35.3 Å². The van der Waals surface area contributed by atoms with E-state index < -0.39 is 0 Å². The van der Waals surface area contributed by atoms with Gasteiger partial charge in [0.05, 0.1) is 0 Å². The third-order valence-electron chi connectivity index (χ3n) is 3.60. The Balaban J connectivity index is 1.55. The molecule has 122 valence electrons. The molecule has 1 aromatic heterocycles. The molecule has 0 fully saturated rings. The summed E-state index contributed by atoms with van der Waals surface area (Å²) in [6.07, 6.45) is 3.75. The van der Waals surface area contributed by atoms with Crippen molar-refractivity contribution in [2.45, 2.75) is 13.5 Å². The highest BCUT2D eigenvalue weighted by molar-refractivity contribution is 7.80. The first kappa shape index (κ1) is 16.5. The maximum atomic E-state index is 5.87. The average molecular weight is 357 g/mol. The van der Waals surface area contributed by atoms with E-state index in [1.54, 1.807) is 6.20 Å². The predicted octanol–water partition coefficient (Wildman–Crippen LogP) is 4.32. The van der Waals surface area contributed by atoms with Crippen LogP contribution in [0, 0.1) is 6.92 Å². The number of nitrogens with one attached hydrogen (secondary N) is 2. The first-order valence-electron chi connectivity index (χ1n) is 7.51. The van der Waals surface area contributed by atoms with Crippen LogP contribution in [0.4, 0.5) is 5.69 Å². The Hall–Kier alpha value is -2.37. The topological polar surface area (TPSA) is 41.9 Å². The van der Waals surface area contributed by atoms with Gasteiger partial charge in [0.25, 0.3) is 0 Å². The monoisotopic (exact) mass is 356 g/mol. The van der Waals surface area contributed by atoms with Gasteiger partial charge in [-0.1, -0.05) is 23.7 Å². The summed E-state index contributed by atoms with van der Waals surface area (Å²) in [6, 6.07) is 15.7. The summed E-state index contributed by atoms with van der Waals surface area (Å²) in [5, 5.41) is 7.60. The molecular weight excluding hydrogens is 340 g/mol. The molecule has 0 aliphatic heterocycles. The van der Waals surface area contributed by atoms with Crippen molar-refractivity contribution in [3.63, 3.8) is 0 Å². The number of rotatable bonds is 4. The number of imidazole rings is 1. The van der Waals surface area contributed by atoms with Crippen molar-refractivity contribution in [2.24, 2.45) is 0 Å². The van der Waals surface area contributed by atoms with Gasteiger partial charge in [-0.15, -0.1) is 0 Å². The molecular formula is C18H17ClN4S. The number of benzene rings is 2. The highest BCUT2D eigenvalue weighted by Crippen LogP contribution is 2.14. The van der Waals surface area contributed by atoms with Crippen LogP contribution in [0.2, 0.25) is 5.02 Å². The first-order chi connectivity index (χ1) is 11.6. The van der Waals surface area contributed by atoms with Crippen molar-refractivity contribution < 1.29 is 0 Å². The van der Waals surface area contributed by atoms with Gasteiger partial charge in [-0.25, -0.2) is 4.98 Å². The fourth-order valence-corrected chi connectivity index (χ4v) is 2.63. The van der Waals surface area contributed by atoms with Crippen molar-refractivity contribution in [2.75, 3.05) is 5.32 Å². The smallest absolute Gasteiger partial charge is 0.171 e. The minimum absolute atomic E-state index is 0.576. The molecule has 0 bridgehead atoms. The van der Waals surface area contributed by atoms with Gasteiger partial charge in [0.15, 0.2) is 5.11 Å². The zero-order valence-corrected chi connectivity index (χ0v) is 14.7. The van der Waals surface area contributed by atoms with Crippen molar-refractivity contribution in [1.29, 1.82) is 0 Å². The van der Waals surface area contributed by atoms with E-state index in [1.165, 1.54) is 0 Å². The van der Waals surface area contributed by atoms with Gasteiger partial charge in [0.1, 0.15) is 5.82 Å². The lowest BCUT2D eigenvalue weighted by Gasteiger charge is -2.11. The van der Waals surface area contributed by atoms with Crippen LogP contribution in [0.25, 0.3) is 5.69 Å². The number of aromatic nitrogens is 2. The minimum atomic E-state index is 0.576. The van der Waals surface area contributed by atoms with Crippen LogP contribution in [-0.4, -0.2) is 14.7 Å². The number of nitrogens with zero attached hydrogens (tertiary/aromatic N) is 2. The third kappa shape index (κ3) is 4.13. The highest BCUT2D eigenvalue weighted by Gasteiger charge is 2.02. The quantitative estimate of drug-likeness (QED) is 0.683. The molecule has 2 N–H and O–H groups in total. The Morgan fingerprint density at radius 3 is 2.46 bits per heavy atom. The van der Waals surface area contributed by atoms with Gasteiger partial charge in [0.2, 0.25) is 0 Å². The Morgan fingerprint density at radius 1 is 1.12 bits per heavy atom. The lowest BCUT2D eigenvalue weighted by Crippen LogP contribution is -2.27. The number of halogens is 1. The van der Waals surface area contributed by atoms with Crippen molar-refractivity contribution in [3.05, 3.63) is 77.3 Å². The van der Waals surface area contributed by atoms with Gasteiger partial charge >= 0.3 is 0 Å². The molecule has 0 aliphatic carbocycles. The van der Waals surface area contributed by atoms with Crippen molar-refractivity contribution in [3.8, 4) is 5.69 Å². The van der Waals surface area contributed by atoms with E-state index in [-0.39, 0.29) is 0 Å². The molecule has 0 atom stereocenters. The summed E-state index contributed by atoms with van der Waals surface area (Å²) >= 11 is 11.2. The summed E-state index contributed by atoms with van der Waals surface area (Å²) in [6.45, 7) is 2.64. The van der Waals surface area contributed by atoms with E-state index >= 15 is 0 Å². The van der Waals surface area contributed by atoms with Crippen LogP contribution >= 0.6 is 23.8 Å². The fourth-order valence-electron chi connectivity index (χ4n) is 2.32. The molecule has 0 aliphatic rings. The van der Waals surface area contributed by atoms with Crippen LogP contribution < -0.4 is 10.6 Å². The Morgan fingerprint density at radius 2 is 1.83 bits per heavy atom. The average Bonchev–Trinajstić information content (AvgIpc) is 3.02. The Bertz CT molecular complexity index is 825. The first-order valence-corrected chi connectivity index (χ1v) is 8.30. The second-order valence-electron chi connectivity index (χ2n) is 5.33. The molecule has 0 saturated carbocycles. The van der Waals surface area contributed by atoms with Crippen molar-refractivity contribution in [1.82, 2.24) is 14.9 Å². The molecule has 3 rings (SSSR count). The fraction of sp³-hybridized carbons (Fsp3) is 0.111. The van der Waals surface area contributed by atoms with Crippen LogP contribution in [0.1, 0.15) is 11.4 Å². The van der Waals surface area contributed by atoms with E-state index in [4.69, 9.17) is 23.8 Å². The lowest BCUT2D eigenvalue weighted by molar-refractivity contribution is 0.920. The SMILES string of the molecule is Cc1nccn1-c1ccc(CNC(=S)Nc2ccc(Cl)cc2)cc1. The number of thiocarbonyl (C=S) groups is 1. The standard InChI is InChI=1S/C18H17ClN4S/c1-13-20-10-11-23(13)17-8-2-14(3-9-17)12-21-18(24)22-16-6-4-15(19)5-7-16/h2-11H,12H2,1H3,(H2,21,22,24). The lowest BCUT2D eigenvalue weighted by atomic mass is 10.2. The molecule has 6 heteroatoms. The van der Waals surface area contributed by atoms with Gasteiger partial charge in [-0.05, 0) is 61.1 Å². The Labute approximate surface area is 151 Å². The maximum absolute atomic E-state index is 5.87. The molecule has 0 unspecified atom stereocenters. The number of anilines is 1. The summed E-state index contributed by atoms with van der Waals surface area (Å²) in [5.74, 6) is 0.967. The number of hydrogen-bond donors (Lipinski definition) is 2. The minimum Gasteiger partial charge on any atom is -0.358 e. The molecule has 0 amide bonds. The second kappa shape index (κ2) is 7.47. The molecule has 3 aromatic rings. The normalized spacial score (nSPS) is 10.4. The summed E-state index contributed by atoms with van der Waals surface area (Å²) in [5.41, 5.74) is 3.15. The van der Waals surface area contributed by atoms with E-state index in [2.05, 4.69) is 39.9 Å². The van der Waals surface area contributed by atoms with E-state index in [0.29, 0.717) is 16.7 Å². The van der Waals surface area contributed by atoms with Gasteiger partial charge in [-0.3, -0.25) is 0 Å². The van der Waals surface area contributed by atoms with Crippen LogP contribution in [0.15, 0.2) is 60.9 Å². The summed E-state index contributed by atoms with van der Waals surface area (Å²) in [7, 11) is 0. The molecule has 2 aromatic carbocycles. The van der Waals surface area contributed by atoms with E-state index in [1.807, 2.05) is 42.0 Å². The predicted molar refractivity (Wildman–Crippen MR) is 103 cm³/mol. The third-order valence-corrected chi connectivity index (χ3v) is 4.09. The van der Waals surface area contributed by atoms with Crippen molar-refractivity contribution >= 4 is 34.6 Å². The van der Waals surface area contributed by atoms with E-state index in [0.717, 1.165) is 22.8 Å². The Kier molecular flexibility index (Phi) is 5.13. The highest BCUT2D eigenvalue weighted by atomic mass is 35.5. The molecule has 4 nitrogen and oxygen atoms in total. The van der Waals surface area contributed by atoms with Crippen LogP contribution in [0.5, 0.6) is 0 Å². The number of aryl methyl sites for hydroxylation is 1. The maximum Gasteiger partial charge on any atom is 0.171 e. The molecule has 0 saturated heterocycles. The van der Waals surface area contributed by atoms with E-state index in [9.17, 15) is 0 Å².